The molecule has 0 saturated heterocycles. The van der Waals surface area contributed by atoms with Crippen molar-refractivity contribution in [1.29, 1.82) is 0 Å². The SMILES string of the molecule is CC(=O)O[C@H]1CC[C@]2(C)[C@H]3CC[C@@H]4C5=C(C(C)C)C(=O)C[C@]5(C(=O)OCC(=O)c5ccc(F)cc5)CC[C@@]4(C)[C@]3(C)CC[C@H]2C1(C)C. The van der Waals surface area contributed by atoms with Crippen molar-refractivity contribution in [3.05, 3.63) is 46.8 Å². The largest absolute Gasteiger partial charge is 0.462 e. The zero-order valence-electron chi connectivity index (χ0n) is 29.6. The second-order valence-electron chi connectivity index (χ2n) is 17.2. The molecule has 0 spiro atoms. The third kappa shape index (κ3) is 4.90. The van der Waals surface area contributed by atoms with E-state index in [9.17, 15) is 23.6 Å². The van der Waals surface area contributed by atoms with E-state index in [1.165, 1.54) is 31.2 Å². The quantitative estimate of drug-likeness (QED) is 0.227. The summed E-state index contributed by atoms with van der Waals surface area (Å²) < 4.78 is 25.1. The van der Waals surface area contributed by atoms with Crippen LogP contribution in [0.5, 0.6) is 0 Å². The number of fused-ring (bicyclic) bond motifs is 7. The van der Waals surface area contributed by atoms with Gasteiger partial charge in [0.15, 0.2) is 18.2 Å². The van der Waals surface area contributed by atoms with Gasteiger partial charge in [-0.2, -0.15) is 0 Å². The van der Waals surface area contributed by atoms with Gasteiger partial charge in [-0.15, -0.1) is 0 Å². The Morgan fingerprint density at radius 2 is 1.55 bits per heavy atom. The number of ketones is 2. The lowest BCUT2D eigenvalue weighted by Crippen LogP contribution is -2.66. The number of allylic oxidation sites excluding steroid dienone is 1. The number of ether oxygens (including phenoxy) is 2. The number of benzene rings is 1. The molecule has 0 bridgehead atoms. The van der Waals surface area contributed by atoms with Crippen molar-refractivity contribution < 1.29 is 33.0 Å². The van der Waals surface area contributed by atoms with Gasteiger partial charge in [0.05, 0.1) is 5.41 Å². The van der Waals surface area contributed by atoms with Crippen LogP contribution in [0.15, 0.2) is 35.4 Å². The topological polar surface area (TPSA) is 86.7 Å². The predicted octanol–water partition coefficient (Wildman–Crippen LogP) is 8.46. The van der Waals surface area contributed by atoms with Crippen molar-refractivity contribution in [2.24, 2.45) is 50.7 Å². The van der Waals surface area contributed by atoms with E-state index < -0.39 is 29.6 Å². The van der Waals surface area contributed by atoms with Crippen LogP contribution in [-0.2, 0) is 23.9 Å². The summed E-state index contributed by atoms with van der Waals surface area (Å²) in [5.74, 6) is -0.506. The molecule has 7 heteroatoms. The highest BCUT2D eigenvalue weighted by molar-refractivity contribution is 6.06. The second kappa shape index (κ2) is 11.4. The summed E-state index contributed by atoms with van der Waals surface area (Å²) in [5, 5.41) is 0. The molecule has 0 aromatic heterocycles. The Bertz CT molecular complexity index is 1520. The Labute approximate surface area is 279 Å². The van der Waals surface area contributed by atoms with E-state index in [0.717, 1.165) is 56.1 Å². The van der Waals surface area contributed by atoms with Gasteiger partial charge in [-0.25, -0.2) is 4.39 Å². The maximum atomic E-state index is 14.2. The van der Waals surface area contributed by atoms with Crippen molar-refractivity contribution in [3.8, 4) is 0 Å². The highest BCUT2D eigenvalue weighted by atomic mass is 19.1. The molecular weight excluding hydrogens is 595 g/mol. The molecule has 6 nitrogen and oxygen atoms in total. The first kappa shape index (κ1) is 34.0. The third-order valence-electron chi connectivity index (χ3n) is 14.6. The first-order valence-electron chi connectivity index (χ1n) is 17.8. The molecule has 0 aliphatic heterocycles. The van der Waals surface area contributed by atoms with Gasteiger partial charge in [-0.3, -0.25) is 19.2 Å². The predicted molar refractivity (Wildman–Crippen MR) is 177 cm³/mol. The van der Waals surface area contributed by atoms with Crippen molar-refractivity contribution in [3.63, 3.8) is 0 Å². The van der Waals surface area contributed by atoms with Gasteiger partial charge < -0.3 is 9.47 Å². The normalized spacial score (nSPS) is 39.0. The molecule has 256 valence electrons. The number of halogens is 1. The lowest BCUT2D eigenvalue weighted by atomic mass is 9.33. The van der Waals surface area contributed by atoms with Gasteiger partial charge in [0.1, 0.15) is 11.9 Å². The van der Waals surface area contributed by atoms with Crippen LogP contribution in [0.3, 0.4) is 0 Å². The first-order chi connectivity index (χ1) is 21.9. The van der Waals surface area contributed by atoms with Crippen molar-refractivity contribution in [2.75, 3.05) is 6.61 Å². The minimum atomic E-state index is -1.04. The Morgan fingerprint density at radius 1 is 0.872 bits per heavy atom. The molecule has 4 saturated carbocycles. The minimum absolute atomic E-state index is 0.000850. The average molecular weight is 649 g/mol. The molecule has 4 fully saturated rings. The summed E-state index contributed by atoms with van der Waals surface area (Å²) >= 11 is 0. The Balaban J connectivity index is 1.32. The van der Waals surface area contributed by atoms with E-state index in [-0.39, 0.29) is 63.3 Å². The van der Waals surface area contributed by atoms with E-state index >= 15 is 0 Å². The van der Waals surface area contributed by atoms with Crippen LogP contribution >= 0.6 is 0 Å². The monoisotopic (exact) mass is 648 g/mol. The minimum Gasteiger partial charge on any atom is -0.462 e. The second-order valence-corrected chi connectivity index (χ2v) is 17.2. The van der Waals surface area contributed by atoms with Crippen LogP contribution in [0.25, 0.3) is 0 Å². The first-order valence-corrected chi connectivity index (χ1v) is 17.8. The smallest absolute Gasteiger partial charge is 0.317 e. The number of Topliss-reactive ketones (excluding diaryl/α,β-unsaturated/α-hetero) is 2. The molecular formula is C40H53FO6. The molecule has 5 aliphatic rings. The van der Waals surface area contributed by atoms with Crippen molar-refractivity contribution in [2.45, 2.75) is 119 Å². The molecule has 47 heavy (non-hydrogen) atoms. The molecule has 0 amide bonds. The van der Waals surface area contributed by atoms with Gasteiger partial charge in [-0.05, 0) is 127 Å². The van der Waals surface area contributed by atoms with Crippen LogP contribution in [0, 0.1) is 56.6 Å². The Morgan fingerprint density at radius 3 is 2.19 bits per heavy atom. The van der Waals surface area contributed by atoms with E-state index in [2.05, 4.69) is 48.5 Å². The van der Waals surface area contributed by atoms with E-state index in [1.54, 1.807) is 0 Å². The highest BCUT2D eigenvalue weighted by Crippen LogP contribution is 2.76. The van der Waals surface area contributed by atoms with Gasteiger partial charge in [0.25, 0.3) is 0 Å². The standard InChI is InChI=1S/C40H53FO6/c1-23(2)33-28(43)21-40(35(45)46-22-29(44)25-9-11-26(41)12-10-25)20-19-38(7)27(34(33)40)13-14-31-37(6)17-16-32(47-24(3)42)36(4,5)30(37)15-18-39(31,38)8/h9-12,23,27,30-32H,13-22H2,1-8H3/t27-,30+,31-,32+,37+,38-,39-,40-/m1/s1. The van der Waals surface area contributed by atoms with Gasteiger partial charge in [-0.1, -0.05) is 48.5 Å². The average Bonchev–Trinajstić information content (AvgIpc) is 3.31. The molecule has 1 aromatic carbocycles. The van der Waals surface area contributed by atoms with Crippen LogP contribution in [0.1, 0.15) is 124 Å². The van der Waals surface area contributed by atoms with Crippen molar-refractivity contribution >= 4 is 23.5 Å². The third-order valence-corrected chi connectivity index (χ3v) is 14.6. The lowest BCUT2D eigenvalue weighted by molar-refractivity contribution is -0.233. The number of hydrogen-bond acceptors (Lipinski definition) is 6. The fourth-order valence-corrected chi connectivity index (χ4v) is 12.2. The molecule has 0 heterocycles. The molecule has 6 rings (SSSR count). The molecule has 1 aromatic rings. The molecule has 8 atom stereocenters. The van der Waals surface area contributed by atoms with Crippen LogP contribution in [0.4, 0.5) is 4.39 Å². The fourth-order valence-electron chi connectivity index (χ4n) is 12.2. The fraction of sp³-hybridized carbons (Fsp3) is 0.700. The summed E-state index contributed by atoms with van der Waals surface area (Å²) in [5.41, 5.74) is 0.891. The molecule has 0 N–H and O–H groups in total. The highest BCUT2D eigenvalue weighted by Gasteiger charge is 2.71. The molecule has 0 radical (unpaired) electrons. The number of rotatable bonds is 6. The van der Waals surface area contributed by atoms with Gasteiger partial charge in [0, 0.05) is 24.3 Å². The van der Waals surface area contributed by atoms with Gasteiger partial charge >= 0.3 is 11.9 Å². The maximum Gasteiger partial charge on any atom is 0.317 e. The zero-order valence-corrected chi connectivity index (χ0v) is 29.6. The number of carbonyl (C=O) groups is 4. The zero-order chi connectivity index (χ0) is 34.3. The number of hydrogen-bond donors (Lipinski definition) is 0. The Hall–Kier alpha value is -2.83. The summed E-state index contributed by atoms with van der Waals surface area (Å²) in [6, 6.07) is 5.24. The maximum absolute atomic E-state index is 14.2. The summed E-state index contributed by atoms with van der Waals surface area (Å²) in [4.78, 5) is 53.0. The van der Waals surface area contributed by atoms with Crippen LogP contribution < -0.4 is 0 Å². The summed E-state index contributed by atoms with van der Waals surface area (Å²) in [7, 11) is 0. The lowest BCUT2D eigenvalue weighted by Gasteiger charge is -2.72. The van der Waals surface area contributed by atoms with Crippen LogP contribution in [0.2, 0.25) is 0 Å². The summed E-state index contributed by atoms with van der Waals surface area (Å²) in [6.07, 6.45) is 7.33. The van der Waals surface area contributed by atoms with Crippen LogP contribution in [-0.4, -0.2) is 36.2 Å². The Kier molecular flexibility index (Phi) is 8.24. The molecule has 5 aliphatic carbocycles. The van der Waals surface area contributed by atoms with E-state index in [1.807, 2.05) is 0 Å². The number of carbonyl (C=O) groups excluding carboxylic acids is 4. The van der Waals surface area contributed by atoms with Gasteiger partial charge in [0.2, 0.25) is 0 Å². The molecule has 0 unspecified atom stereocenters. The van der Waals surface area contributed by atoms with E-state index in [4.69, 9.17) is 9.47 Å². The number of esters is 2. The van der Waals surface area contributed by atoms with Crippen molar-refractivity contribution in [1.82, 2.24) is 0 Å². The van der Waals surface area contributed by atoms with E-state index in [0.29, 0.717) is 18.3 Å². The summed E-state index contributed by atoms with van der Waals surface area (Å²) in [6.45, 7) is 17.2.